The largest absolute Gasteiger partial charge is 0.392 e. The first-order valence-electron chi connectivity index (χ1n) is 4.64. The zero-order chi connectivity index (χ0) is 10.1. The fourth-order valence-electron chi connectivity index (χ4n) is 1.77. The number of nitrogens with two attached hydrogens (primary N) is 1. The fourth-order valence-corrected chi connectivity index (χ4v) is 1.77. The van der Waals surface area contributed by atoms with Crippen LogP contribution in [0, 0.1) is 0 Å². The van der Waals surface area contributed by atoms with Crippen LogP contribution in [-0.2, 0) is 20.2 Å². The number of rotatable bonds is 2. The summed E-state index contributed by atoms with van der Waals surface area (Å²) < 4.78 is 2.02. The molecular formula is C11H14N2O. The van der Waals surface area contributed by atoms with Crippen molar-refractivity contribution in [3.63, 3.8) is 0 Å². The van der Waals surface area contributed by atoms with Crippen molar-refractivity contribution in [2.45, 2.75) is 13.2 Å². The van der Waals surface area contributed by atoms with Crippen LogP contribution in [0.15, 0.2) is 24.4 Å². The first-order chi connectivity index (χ1) is 6.76. The maximum Gasteiger partial charge on any atom is 0.0702 e. The molecule has 0 bridgehead atoms. The van der Waals surface area contributed by atoms with Crippen LogP contribution < -0.4 is 5.73 Å². The van der Waals surface area contributed by atoms with Gasteiger partial charge in [0.05, 0.1) is 6.61 Å². The molecule has 0 fully saturated rings. The lowest BCUT2D eigenvalue weighted by Gasteiger charge is -1.99. The topological polar surface area (TPSA) is 51.2 Å². The second-order valence-corrected chi connectivity index (χ2v) is 3.48. The van der Waals surface area contributed by atoms with E-state index >= 15 is 0 Å². The Kier molecular flexibility index (Phi) is 2.27. The normalized spacial score (nSPS) is 11.1. The van der Waals surface area contributed by atoms with E-state index in [1.807, 2.05) is 36.0 Å². The number of hydrogen-bond donors (Lipinski definition) is 2. The number of fused-ring (bicyclic) bond motifs is 1. The Hall–Kier alpha value is -1.32. The molecule has 0 saturated heterocycles. The fraction of sp³-hybridized carbons (Fsp3) is 0.273. The van der Waals surface area contributed by atoms with Gasteiger partial charge in [-0.05, 0) is 17.7 Å². The predicted molar refractivity (Wildman–Crippen MR) is 56.7 cm³/mol. The lowest BCUT2D eigenvalue weighted by atomic mass is 10.1. The minimum Gasteiger partial charge on any atom is -0.392 e. The molecule has 0 aliphatic heterocycles. The molecule has 3 nitrogen and oxygen atoms in total. The van der Waals surface area contributed by atoms with Gasteiger partial charge < -0.3 is 15.4 Å². The van der Waals surface area contributed by atoms with Crippen molar-refractivity contribution in [1.82, 2.24) is 4.57 Å². The van der Waals surface area contributed by atoms with Crippen LogP contribution in [0.25, 0.3) is 10.9 Å². The molecule has 14 heavy (non-hydrogen) atoms. The molecule has 74 valence electrons. The molecule has 0 aliphatic carbocycles. The van der Waals surface area contributed by atoms with Crippen molar-refractivity contribution in [2.24, 2.45) is 12.8 Å². The summed E-state index contributed by atoms with van der Waals surface area (Å²) in [6, 6.07) is 6.10. The Labute approximate surface area is 82.8 Å². The Balaban J connectivity index is 2.71. The van der Waals surface area contributed by atoms with E-state index in [1.165, 1.54) is 0 Å². The van der Waals surface area contributed by atoms with Crippen molar-refractivity contribution < 1.29 is 5.11 Å². The molecule has 0 radical (unpaired) electrons. The summed E-state index contributed by atoms with van der Waals surface area (Å²) in [7, 11) is 1.98. The molecule has 0 amide bonds. The Bertz CT molecular complexity index is 460. The van der Waals surface area contributed by atoms with Crippen molar-refractivity contribution in [2.75, 3.05) is 0 Å². The van der Waals surface area contributed by atoms with Gasteiger partial charge in [-0.1, -0.05) is 6.07 Å². The number of aryl methyl sites for hydroxylation is 1. The third-order valence-electron chi connectivity index (χ3n) is 2.54. The van der Waals surface area contributed by atoms with Crippen molar-refractivity contribution >= 4 is 10.9 Å². The van der Waals surface area contributed by atoms with Gasteiger partial charge in [0.25, 0.3) is 0 Å². The Morgan fingerprint density at radius 1 is 1.43 bits per heavy atom. The Morgan fingerprint density at radius 3 is 2.86 bits per heavy atom. The number of nitrogens with zero attached hydrogens (tertiary/aromatic N) is 1. The van der Waals surface area contributed by atoms with E-state index in [9.17, 15) is 0 Å². The van der Waals surface area contributed by atoms with Gasteiger partial charge in [-0.15, -0.1) is 0 Å². The van der Waals surface area contributed by atoms with Crippen LogP contribution in [0.3, 0.4) is 0 Å². The minimum absolute atomic E-state index is 0.0748. The quantitative estimate of drug-likeness (QED) is 0.745. The summed E-state index contributed by atoms with van der Waals surface area (Å²) in [5.74, 6) is 0. The van der Waals surface area contributed by atoms with Crippen LogP contribution in [0.4, 0.5) is 0 Å². The first-order valence-corrected chi connectivity index (χ1v) is 4.64. The van der Waals surface area contributed by atoms with E-state index in [0.29, 0.717) is 6.54 Å². The van der Waals surface area contributed by atoms with Crippen LogP contribution in [0.1, 0.15) is 11.1 Å². The monoisotopic (exact) mass is 190 g/mol. The van der Waals surface area contributed by atoms with Gasteiger partial charge in [0.1, 0.15) is 0 Å². The highest BCUT2D eigenvalue weighted by atomic mass is 16.3. The van der Waals surface area contributed by atoms with Gasteiger partial charge in [0, 0.05) is 36.3 Å². The van der Waals surface area contributed by atoms with E-state index in [0.717, 1.165) is 22.0 Å². The Morgan fingerprint density at radius 2 is 2.21 bits per heavy atom. The van der Waals surface area contributed by atoms with Gasteiger partial charge in [0.2, 0.25) is 0 Å². The van der Waals surface area contributed by atoms with Crippen LogP contribution in [0.5, 0.6) is 0 Å². The molecule has 0 unspecified atom stereocenters. The highest BCUT2D eigenvalue weighted by Crippen LogP contribution is 2.21. The summed E-state index contributed by atoms with van der Waals surface area (Å²) >= 11 is 0. The average molecular weight is 190 g/mol. The smallest absolute Gasteiger partial charge is 0.0702 e. The van der Waals surface area contributed by atoms with E-state index in [-0.39, 0.29) is 6.61 Å². The zero-order valence-corrected chi connectivity index (χ0v) is 8.20. The summed E-state index contributed by atoms with van der Waals surface area (Å²) in [6.45, 7) is 0.612. The first kappa shape index (κ1) is 9.24. The second-order valence-electron chi connectivity index (χ2n) is 3.48. The molecule has 1 aromatic carbocycles. The average Bonchev–Trinajstić information content (AvgIpc) is 2.55. The lowest BCUT2D eigenvalue weighted by molar-refractivity contribution is 0.283. The number of aromatic nitrogens is 1. The summed E-state index contributed by atoms with van der Waals surface area (Å²) in [4.78, 5) is 0. The van der Waals surface area contributed by atoms with Crippen molar-refractivity contribution in [3.8, 4) is 0 Å². The molecule has 3 N–H and O–H groups in total. The van der Waals surface area contributed by atoms with Crippen LogP contribution in [0.2, 0.25) is 0 Å². The van der Waals surface area contributed by atoms with Gasteiger partial charge >= 0.3 is 0 Å². The van der Waals surface area contributed by atoms with Gasteiger partial charge in [0.15, 0.2) is 0 Å². The van der Waals surface area contributed by atoms with Gasteiger partial charge in [-0.25, -0.2) is 0 Å². The van der Waals surface area contributed by atoms with Crippen molar-refractivity contribution in [3.05, 3.63) is 35.5 Å². The van der Waals surface area contributed by atoms with Gasteiger partial charge in [-0.2, -0.15) is 0 Å². The molecule has 3 heteroatoms. The van der Waals surface area contributed by atoms with Crippen LogP contribution in [-0.4, -0.2) is 9.67 Å². The van der Waals surface area contributed by atoms with Crippen LogP contribution >= 0.6 is 0 Å². The molecular weight excluding hydrogens is 176 g/mol. The molecule has 2 aromatic rings. The summed E-state index contributed by atoms with van der Waals surface area (Å²) in [5, 5.41) is 10.3. The predicted octanol–water partition coefficient (Wildman–Crippen LogP) is 1.13. The number of aliphatic hydroxyl groups is 1. The van der Waals surface area contributed by atoms with E-state index in [2.05, 4.69) is 0 Å². The molecule has 0 aliphatic rings. The van der Waals surface area contributed by atoms with E-state index in [1.54, 1.807) is 0 Å². The third kappa shape index (κ3) is 1.31. The SMILES string of the molecule is Cn1cc(CO)c2cc(CN)ccc21. The molecule has 0 atom stereocenters. The highest BCUT2D eigenvalue weighted by molar-refractivity contribution is 5.84. The lowest BCUT2D eigenvalue weighted by Crippen LogP contribution is -1.95. The van der Waals surface area contributed by atoms with E-state index < -0.39 is 0 Å². The van der Waals surface area contributed by atoms with Gasteiger partial charge in [-0.3, -0.25) is 0 Å². The third-order valence-corrected chi connectivity index (χ3v) is 2.54. The number of benzene rings is 1. The summed E-state index contributed by atoms with van der Waals surface area (Å²) in [5.41, 5.74) is 8.75. The summed E-state index contributed by atoms with van der Waals surface area (Å²) in [6.07, 6.45) is 1.95. The zero-order valence-electron chi connectivity index (χ0n) is 8.20. The highest BCUT2D eigenvalue weighted by Gasteiger charge is 2.05. The second kappa shape index (κ2) is 3.44. The number of hydrogen-bond acceptors (Lipinski definition) is 2. The molecule has 2 rings (SSSR count). The maximum absolute atomic E-state index is 9.17. The standard InChI is InChI=1S/C11H14N2O/c1-13-6-9(7-14)10-4-8(5-12)2-3-11(10)13/h2-4,6,14H,5,7,12H2,1H3. The minimum atomic E-state index is 0.0748. The van der Waals surface area contributed by atoms with Crippen molar-refractivity contribution in [1.29, 1.82) is 0 Å². The molecule has 0 saturated carbocycles. The van der Waals surface area contributed by atoms with E-state index in [4.69, 9.17) is 10.8 Å². The maximum atomic E-state index is 9.17. The molecule has 1 heterocycles. The number of aliphatic hydroxyl groups excluding tert-OH is 1. The molecule has 0 spiro atoms. The molecule has 1 aromatic heterocycles.